The van der Waals surface area contributed by atoms with Crippen LogP contribution in [0.4, 0.5) is 19.8 Å². The summed E-state index contributed by atoms with van der Waals surface area (Å²) in [7, 11) is 0. The maximum absolute atomic E-state index is 14.0. The topological polar surface area (TPSA) is 184 Å². The number of fused-ring (bicyclic) bond motifs is 1. The molecule has 5 N–H and O–H groups in total. The summed E-state index contributed by atoms with van der Waals surface area (Å²) in [4.78, 5) is 58.4. The van der Waals surface area contributed by atoms with Gasteiger partial charge in [0.25, 0.3) is 0 Å². The van der Waals surface area contributed by atoms with Crippen LogP contribution in [0.1, 0.15) is 46.1 Å². The molecule has 0 bridgehead atoms. The number of rotatable bonds is 14. The van der Waals surface area contributed by atoms with Gasteiger partial charge in [-0.1, -0.05) is 29.8 Å². The maximum atomic E-state index is 14.0. The van der Waals surface area contributed by atoms with Gasteiger partial charge in [-0.2, -0.15) is 0 Å². The SMILES string of the molecule is CC(=O)N(NCc1cccc(F)c1Cl)[C@@H](CCCNC(=O)[C@H](CO)NC(=O)OC(C)(C)C)COC(=O)Nc1cc2cccnc2cn1. The first-order valence-corrected chi connectivity index (χ1v) is 15.1. The number of nitrogens with zero attached hydrogens (tertiary/aromatic N) is 3. The Morgan fingerprint density at radius 1 is 1.11 bits per heavy atom. The fourth-order valence-electron chi connectivity index (χ4n) is 4.31. The molecule has 0 saturated carbocycles. The van der Waals surface area contributed by atoms with Gasteiger partial charge >= 0.3 is 12.2 Å². The van der Waals surface area contributed by atoms with Crippen molar-refractivity contribution >= 4 is 52.3 Å². The van der Waals surface area contributed by atoms with Crippen molar-refractivity contribution in [2.75, 3.05) is 25.1 Å². The average molecular weight is 676 g/mol. The number of aliphatic hydroxyl groups is 1. The number of alkyl carbamates (subject to hydrolysis) is 1. The Kier molecular flexibility index (Phi) is 13.6. The van der Waals surface area contributed by atoms with E-state index in [1.165, 1.54) is 30.3 Å². The fraction of sp³-hybridized carbons (Fsp3) is 0.419. The molecular formula is C31H39ClFN7O7. The third-order valence-corrected chi connectivity index (χ3v) is 6.93. The standard InChI is InChI=1S/C31H39ClFN7O7/c1-19(42)40(37-15-21-8-5-11-23(33)27(21)32)22(10-7-13-35-28(43)25(17-41)38-30(45)47-31(2,3)4)18-46-29(44)39-26-14-20-9-6-12-34-24(20)16-36-26/h5-6,8-9,11-12,14,16,22,25,37,41H,7,10,13,15,17-18H2,1-4H3,(H,35,43)(H,38,45)(H,36,39,44)/t22-,25-/m0/s1. The van der Waals surface area contributed by atoms with E-state index in [2.05, 4.69) is 31.3 Å². The molecule has 0 radical (unpaired) electrons. The van der Waals surface area contributed by atoms with Crippen molar-refractivity contribution in [1.82, 2.24) is 31.0 Å². The van der Waals surface area contributed by atoms with Gasteiger partial charge < -0.3 is 25.2 Å². The van der Waals surface area contributed by atoms with Crippen molar-refractivity contribution in [3.63, 3.8) is 0 Å². The zero-order valence-corrected chi connectivity index (χ0v) is 27.3. The second-order valence-electron chi connectivity index (χ2n) is 11.4. The Morgan fingerprint density at radius 2 is 1.87 bits per heavy atom. The highest BCUT2D eigenvalue weighted by Crippen LogP contribution is 2.20. The molecule has 3 aromatic rings. The van der Waals surface area contributed by atoms with Crippen LogP contribution in [0.5, 0.6) is 0 Å². The van der Waals surface area contributed by atoms with Gasteiger partial charge in [0.05, 0.1) is 29.4 Å². The van der Waals surface area contributed by atoms with Crippen molar-refractivity contribution in [3.8, 4) is 0 Å². The number of halogens is 2. The molecule has 0 saturated heterocycles. The number of nitrogens with one attached hydrogen (secondary N) is 4. The third-order valence-electron chi connectivity index (χ3n) is 6.51. The Morgan fingerprint density at radius 3 is 2.57 bits per heavy atom. The summed E-state index contributed by atoms with van der Waals surface area (Å²) in [5, 5.41) is 19.0. The van der Waals surface area contributed by atoms with E-state index >= 15 is 0 Å². The first-order chi connectivity index (χ1) is 22.3. The molecule has 2 heterocycles. The van der Waals surface area contributed by atoms with E-state index in [0.29, 0.717) is 11.1 Å². The predicted molar refractivity (Wildman–Crippen MR) is 172 cm³/mol. The molecule has 14 nitrogen and oxygen atoms in total. The highest BCUT2D eigenvalue weighted by molar-refractivity contribution is 6.31. The average Bonchev–Trinajstić information content (AvgIpc) is 3.01. The Bertz CT molecular complexity index is 1560. The Balaban J connectivity index is 1.65. The minimum Gasteiger partial charge on any atom is -0.447 e. The predicted octanol–water partition coefficient (Wildman–Crippen LogP) is 3.67. The first kappa shape index (κ1) is 36.9. The first-order valence-electron chi connectivity index (χ1n) is 14.8. The van der Waals surface area contributed by atoms with Crippen LogP contribution in [-0.2, 0) is 25.6 Å². The summed E-state index contributed by atoms with van der Waals surface area (Å²) < 4.78 is 24.6. The van der Waals surface area contributed by atoms with Gasteiger partial charge in [-0.05, 0) is 57.4 Å². The lowest BCUT2D eigenvalue weighted by Crippen LogP contribution is -2.51. The van der Waals surface area contributed by atoms with Crippen LogP contribution < -0.4 is 21.4 Å². The van der Waals surface area contributed by atoms with E-state index in [9.17, 15) is 28.7 Å². The lowest BCUT2D eigenvalue weighted by Gasteiger charge is -2.31. The third kappa shape index (κ3) is 11.9. The Labute approximate surface area is 276 Å². The van der Waals surface area contributed by atoms with Gasteiger partial charge in [0.1, 0.15) is 29.9 Å². The molecule has 254 valence electrons. The highest BCUT2D eigenvalue weighted by Gasteiger charge is 2.26. The van der Waals surface area contributed by atoms with Crippen molar-refractivity contribution in [2.45, 2.75) is 64.8 Å². The van der Waals surface area contributed by atoms with Crippen molar-refractivity contribution < 1.29 is 38.1 Å². The number of aromatic nitrogens is 2. The summed E-state index contributed by atoms with van der Waals surface area (Å²) in [6, 6.07) is 7.49. The van der Waals surface area contributed by atoms with Crippen LogP contribution >= 0.6 is 11.6 Å². The van der Waals surface area contributed by atoms with Crippen LogP contribution in [0.2, 0.25) is 5.02 Å². The summed E-state index contributed by atoms with van der Waals surface area (Å²) >= 11 is 6.09. The summed E-state index contributed by atoms with van der Waals surface area (Å²) in [6.07, 6.45) is 1.96. The summed E-state index contributed by atoms with van der Waals surface area (Å²) in [6.45, 7) is 5.43. The van der Waals surface area contributed by atoms with Crippen molar-refractivity contribution in [2.24, 2.45) is 0 Å². The molecule has 2 aromatic heterocycles. The number of carbonyl (C=O) groups is 4. The zero-order valence-electron chi connectivity index (χ0n) is 26.5. The summed E-state index contributed by atoms with van der Waals surface area (Å²) in [5.41, 5.74) is 3.18. The molecule has 4 amide bonds. The van der Waals surface area contributed by atoms with Gasteiger partial charge in [-0.15, -0.1) is 0 Å². The number of aliphatic hydroxyl groups excluding tert-OH is 1. The normalized spacial score (nSPS) is 12.5. The van der Waals surface area contributed by atoms with E-state index in [4.69, 9.17) is 21.1 Å². The highest BCUT2D eigenvalue weighted by atomic mass is 35.5. The van der Waals surface area contributed by atoms with Gasteiger partial charge in [0.2, 0.25) is 11.8 Å². The van der Waals surface area contributed by atoms with Gasteiger partial charge in [0, 0.05) is 31.6 Å². The van der Waals surface area contributed by atoms with E-state index in [1.54, 1.807) is 45.2 Å². The summed E-state index contributed by atoms with van der Waals surface area (Å²) in [5.74, 6) is -1.46. The number of hydrogen-bond acceptors (Lipinski definition) is 10. The molecule has 0 aliphatic rings. The minimum absolute atomic E-state index is 0.0147. The number of pyridine rings is 2. The molecule has 16 heteroatoms. The number of ether oxygens (including phenoxy) is 2. The number of amides is 4. The number of anilines is 1. The molecular weight excluding hydrogens is 637 g/mol. The van der Waals surface area contributed by atoms with Crippen LogP contribution in [0.25, 0.3) is 10.9 Å². The zero-order chi connectivity index (χ0) is 34.6. The second kappa shape index (κ2) is 17.4. The number of carbonyl (C=O) groups excluding carboxylic acids is 4. The van der Waals surface area contributed by atoms with Crippen LogP contribution in [0, 0.1) is 5.82 Å². The van der Waals surface area contributed by atoms with E-state index in [1.807, 2.05) is 6.07 Å². The second-order valence-corrected chi connectivity index (χ2v) is 11.8. The molecule has 0 aliphatic carbocycles. The lowest BCUT2D eigenvalue weighted by molar-refractivity contribution is -0.136. The number of hydrogen-bond donors (Lipinski definition) is 5. The van der Waals surface area contributed by atoms with Gasteiger partial charge in [0.15, 0.2) is 0 Å². The van der Waals surface area contributed by atoms with Crippen LogP contribution in [0.15, 0.2) is 48.8 Å². The molecule has 47 heavy (non-hydrogen) atoms. The monoisotopic (exact) mass is 675 g/mol. The fourth-order valence-corrected chi connectivity index (χ4v) is 4.51. The molecule has 0 spiro atoms. The largest absolute Gasteiger partial charge is 0.447 e. The van der Waals surface area contributed by atoms with E-state index < -0.39 is 54.1 Å². The number of benzene rings is 1. The Hall–Kier alpha value is -4.60. The minimum atomic E-state index is -1.25. The maximum Gasteiger partial charge on any atom is 0.412 e. The van der Waals surface area contributed by atoms with E-state index in [0.717, 1.165) is 5.39 Å². The van der Waals surface area contributed by atoms with Crippen molar-refractivity contribution in [1.29, 1.82) is 0 Å². The molecule has 0 aliphatic heterocycles. The number of hydrazine groups is 1. The quantitative estimate of drug-likeness (QED) is 0.125. The molecule has 3 rings (SSSR count). The van der Waals surface area contributed by atoms with E-state index in [-0.39, 0.29) is 43.4 Å². The van der Waals surface area contributed by atoms with Crippen LogP contribution in [0.3, 0.4) is 0 Å². The molecule has 2 atom stereocenters. The van der Waals surface area contributed by atoms with Crippen LogP contribution in [-0.4, -0.2) is 81.5 Å². The van der Waals surface area contributed by atoms with Gasteiger partial charge in [-0.3, -0.25) is 24.9 Å². The van der Waals surface area contributed by atoms with Gasteiger partial charge in [-0.25, -0.2) is 24.4 Å². The molecule has 1 aromatic carbocycles. The lowest BCUT2D eigenvalue weighted by atomic mass is 10.1. The molecule has 0 unspecified atom stereocenters. The van der Waals surface area contributed by atoms with Crippen molar-refractivity contribution in [3.05, 3.63) is 65.2 Å². The smallest absolute Gasteiger partial charge is 0.412 e. The molecule has 0 fully saturated rings.